The van der Waals surface area contributed by atoms with Crippen molar-refractivity contribution in [2.24, 2.45) is 0 Å². The van der Waals surface area contributed by atoms with Crippen LogP contribution in [-0.2, 0) is 6.54 Å². The second kappa shape index (κ2) is 7.93. The first kappa shape index (κ1) is 19.9. The number of rotatable bonds is 4. The van der Waals surface area contributed by atoms with E-state index in [9.17, 15) is 4.79 Å². The molecule has 0 amide bonds. The quantitative estimate of drug-likeness (QED) is 0.453. The fourth-order valence-corrected chi connectivity index (χ4v) is 4.87. The Morgan fingerprint density at radius 1 is 1.13 bits per heavy atom. The molecule has 1 aromatic carbocycles. The Kier molecular flexibility index (Phi) is 5.10. The van der Waals surface area contributed by atoms with Crippen molar-refractivity contribution >= 4 is 16.6 Å². The van der Waals surface area contributed by atoms with Gasteiger partial charge in [0.2, 0.25) is 0 Å². The predicted octanol–water partition coefficient (Wildman–Crippen LogP) is 4.65. The molecule has 5 rings (SSSR count). The van der Waals surface area contributed by atoms with E-state index in [1.807, 2.05) is 30.5 Å². The summed E-state index contributed by atoms with van der Waals surface area (Å²) >= 11 is 0. The highest BCUT2D eigenvalue weighted by atomic mass is 16.4. The van der Waals surface area contributed by atoms with Crippen LogP contribution in [0, 0.1) is 6.92 Å². The van der Waals surface area contributed by atoms with E-state index in [-0.39, 0.29) is 5.63 Å². The highest BCUT2D eigenvalue weighted by molar-refractivity contribution is 5.82. The van der Waals surface area contributed by atoms with Crippen molar-refractivity contribution in [3.05, 3.63) is 75.5 Å². The fourth-order valence-electron chi connectivity index (χ4n) is 4.87. The lowest BCUT2D eigenvalue weighted by molar-refractivity contribution is 0.201. The van der Waals surface area contributed by atoms with Crippen LogP contribution in [0.5, 0.6) is 0 Å². The molecule has 0 aliphatic carbocycles. The van der Waals surface area contributed by atoms with Crippen molar-refractivity contribution in [1.82, 2.24) is 19.5 Å². The molecule has 160 valence electrons. The van der Waals surface area contributed by atoms with Crippen LogP contribution < -0.4 is 5.63 Å². The summed E-state index contributed by atoms with van der Waals surface area (Å²) in [5, 5.41) is 9.82. The first-order valence-corrected chi connectivity index (χ1v) is 11.1. The molecule has 0 radical (unpaired) electrons. The van der Waals surface area contributed by atoms with Gasteiger partial charge in [-0.1, -0.05) is 19.9 Å². The van der Waals surface area contributed by atoms with Crippen molar-refractivity contribution in [3.63, 3.8) is 0 Å². The Hall–Kier alpha value is -2.99. The SMILES string of the molecule is Cc1cc2oc(=O)cc(CN3CCC(c4nnc5ccccn45)CC3)c2cc1C(C)C. The molecule has 31 heavy (non-hydrogen) atoms. The van der Waals surface area contributed by atoms with Gasteiger partial charge >= 0.3 is 5.63 Å². The van der Waals surface area contributed by atoms with Gasteiger partial charge in [0, 0.05) is 30.1 Å². The molecule has 4 heterocycles. The number of likely N-dealkylation sites (tertiary alicyclic amines) is 1. The maximum Gasteiger partial charge on any atom is 0.336 e. The second-order valence-corrected chi connectivity index (χ2v) is 8.99. The van der Waals surface area contributed by atoms with E-state index in [1.54, 1.807) is 6.07 Å². The van der Waals surface area contributed by atoms with Gasteiger partial charge in [-0.3, -0.25) is 9.30 Å². The van der Waals surface area contributed by atoms with Crippen LogP contribution in [-0.4, -0.2) is 32.6 Å². The molecule has 0 unspecified atom stereocenters. The number of aryl methyl sites for hydroxylation is 1. The zero-order valence-electron chi connectivity index (χ0n) is 18.3. The average Bonchev–Trinajstić information content (AvgIpc) is 3.17. The molecule has 6 heteroatoms. The number of pyridine rings is 1. The van der Waals surface area contributed by atoms with Crippen LogP contribution in [0.15, 0.2) is 51.8 Å². The van der Waals surface area contributed by atoms with Crippen LogP contribution in [0.3, 0.4) is 0 Å². The van der Waals surface area contributed by atoms with Crippen LogP contribution in [0.25, 0.3) is 16.6 Å². The molecule has 0 saturated carbocycles. The van der Waals surface area contributed by atoms with Crippen molar-refractivity contribution in [3.8, 4) is 0 Å². The number of benzene rings is 1. The largest absolute Gasteiger partial charge is 0.423 e. The number of fused-ring (bicyclic) bond motifs is 2. The lowest BCUT2D eigenvalue weighted by Crippen LogP contribution is -2.33. The summed E-state index contributed by atoms with van der Waals surface area (Å²) in [6.07, 6.45) is 4.11. The van der Waals surface area contributed by atoms with Crippen LogP contribution in [0.1, 0.15) is 61.0 Å². The third-order valence-corrected chi connectivity index (χ3v) is 6.53. The third-order valence-electron chi connectivity index (χ3n) is 6.53. The third kappa shape index (κ3) is 3.76. The van der Waals surface area contributed by atoms with Crippen molar-refractivity contribution < 1.29 is 4.42 Å². The van der Waals surface area contributed by atoms with Crippen molar-refractivity contribution in [2.45, 2.75) is 52.0 Å². The van der Waals surface area contributed by atoms with E-state index in [1.165, 1.54) is 11.1 Å². The van der Waals surface area contributed by atoms with Gasteiger partial charge in [-0.15, -0.1) is 10.2 Å². The summed E-state index contributed by atoms with van der Waals surface area (Å²) in [5.74, 6) is 1.89. The Morgan fingerprint density at radius 2 is 1.94 bits per heavy atom. The number of piperidine rings is 1. The summed E-state index contributed by atoms with van der Waals surface area (Å²) in [5.41, 5.74) is 4.85. The van der Waals surface area contributed by atoms with E-state index < -0.39 is 0 Å². The molecule has 1 aliphatic heterocycles. The monoisotopic (exact) mass is 416 g/mol. The Bertz CT molecular complexity index is 1300. The molecule has 6 nitrogen and oxygen atoms in total. The first-order valence-electron chi connectivity index (χ1n) is 11.1. The fraction of sp³-hybridized carbons (Fsp3) is 0.400. The van der Waals surface area contributed by atoms with Crippen LogP contribution in [0.4, 0.5) is 0 Å². The Labute approximate surface area is 181 Å². The van der Waals surface area contributed by atoms with E-state index >= 15 is 0 Å². The topological polar surface area (TPSA) is 63.6 Å². The van der Waals surface area contributed by atoms with Gasteiger partial charge in [0.1, 0.15) is 11.4 Å². The predicted molar refractivity (Wildman–Crippen MR) is 122 cm³/mol. The summed E-state index contributed by atoms with van der Waals surface area (Å²) in [6.45, 7) is 9.18. The minimum Gasteiger partial charge on any atom is -0.423 e. The average molecular weight is 417 g/mol. The van der Waals surface area contributed by atoms with Gasteiger partial charge in [-0.05, 0) is 79.7 Å². The number of hydrogen-bond donors (Lipinski definition) is 0. The highest BCUT2D eigenvalue weighted by Gasteiger charge is 2.25. The van der Waals surface area contributed by atoms with Gasteiger partial charge in [-0.25, -0.2) is 4.79 Å². The smallest absolute Gasteiger partial charge is 0.336 e. The van der Waals surface area contributed by atoms with Crippen molar-refractivity contribution in [1.29, 1.82) is 0 Å². The van der Waals surface area contributed by atoms with Crippen LogP contribution >= 0.6 is 0 Å². The van der Waals surface area contributed by atoms with E-state index in [2.05, 4.69) is 46.3 Å². The normalized spacial score (nSPS) is 16.0. The minimum atomic E-state index is -0.274. The molecule has 1 saturated heterocycles. The molecule has 1 aliphatic rings. The summed E-state index contributed by atoms with van der Waals surface area (Å²) in [4.78, 5) is 14.6. The summed E-state index contributed by atoms with van der Waals surface area (Å²) < 4.78 is 7.63. The number of hydrogen-bond acceptors (Lipinski definition) is 5. The molecule has 4 aromatic rings. The molecule has 0 atom stereocenters. The van der Waals surface area contributed by atoms with E-state index in [0.29, 0.717) is 17.4 Å². The maximum absolute atomic E-state index is 12.2. The molecule has 3 aromatic heterocycles. The Balaban J connectivity index is 1.37. The van der Waals surface area contributed by atoms with Gasteiger partial charge < -0.3 is 4.42 Å². The van der Waals surface area contributed by atoms with Gasteiger partial charge in [-0.2, -0.15) is 0 Å². The van der Waals surface area contributed by atoms with Crippen LogP contribution in [0.2, 0.25) is 0 Å². The molecular formula is C25H28N4O2. The number of aromatic nitrogens is 3. The zero-order chi connectivity index (χ0) is 21.5. The maximum atomic E-state index is 12.2. The van der Waals surface area contributed by atoms with E-state index in [0.717, 1.165) is 54.9 Å². The molecule has 0 spiro atoms. The molecule has 0 bridgehead atoms. The summed E-state index contributed by atoms with van der Waals surface area (Å²) in [6, 6.07) is 11.9. The van der Waals surface area contributed by atoms with Gasteiger partial charge in [0.05, 0.1) is 0 Å². The number of nitrogens with zero attached hydrogens (tertiary/aromatic N) is 4. The highest BCUT2D eigenvalue weighted by Crippen LogP contribution is 2.30. The van der Waals surface area contributed by atoms with Crippen molar-refractivity contribution in [2.75, 3.05) is 13.1 Å². The molecule has 0 N–H and O–H groups in total. The first-order chi connectivity index (χ1) is 15.0. The van der Waals surface area contributed by atoms with Gasteiger partial charge in [0.15, 0.2) is 5.65 Å². The molecular weight excluding hydrogens is 388 g/mol. The zero-order valence-corrected chi connectivity index (χ0v) is 18.3. The summed E-state index contributed by atoms with van der Waals surface area (Å²) in [7, 11) is 0. The lowest BCUT2D eigenvalue weighted by atomic mass is 9.93. The lowest BCUT2D eigenvalue weighted by Gasteiger charge is -2.31. The van der Waals surface area contributed by atoms with E-state index in [4.69, 9.17) is 4.42 Å². The Morgan fingerprint density at radius 3 is 2.71 bits per heavy atom. The minimum absolute atomic E-state index is 0.274. The standard InChI is InChI=1S/C25H28N4O2/c1-16(2)20-14-21-19(13-24(30)31-22(21)12-17(20)3)15-28-10-7-18(8-11-28)25-27-26-23-6-4-5-9-29(23)25/h4-6,9,12-14,16,18H,7-8,10-11,15H2,1-3H3. The molecule has 1 fully saturated rings. The second-order valence-electron chi connectivity index (χ2n) is 8.99. The van der Waals surface area contributed by atoms with Gasteiger partial charge in [0.25, 0.3) is 0 Å².